The second-order valence-corrected chi connectivity index (χ2v) is 7.05. The molecule has 26 heavy (non-hydrogen) atoms. The van der Waals surface area contributed by atoms with E-state index >= 15 is 0 Å². The number of rotatable bonds is 5. The van der Waals surface area contributed by atoms with Crippen LogP contribution in [0.4, 0.5) is 5.69 Å². The Labute approximate surface area is 156 Å². The maximum atomic E-state index is 12.6. The Bertz CT molecular complexity index is 732. The molecule has 1 aliphatic rings. The lowest BCUT2D eigenvalue weighted by Gasteiger charge is -2.19. The minimum absolute atomic E-state index is 0.116. The molecule has 0 unspecified atom stereocenters. The molecular formula is C22H28N2O2. The Morgan fingerprint density at radius 1 is 1.04 bits per heavy atom. The van der Waals surface area contributed by atoms with Crippen molar-refractivity contribution in [1.29, 1.82) is 0 Å². The van der Waals surface area contributed by atoms with Gasteiger partial charge in [0.1, 0.15) is 5.75 Å². The van der Waals surface area contributed by atoms with Gasteiger partial charge in [-0.15, -0.1) is 0 Å². The summed E-state index contributed by atoms with van der Waals surface area (Å²) < 4.78 is 5.33. The Morgan fingerprint density at radius 2 is 1.73 bits per heavy atom. The number of hydrogen-bond donors (Lipinski definition) is 1. The predicted octanol–water partition coefficient (Wildman–Crippen LogP) is 4.63. The molecule has 0 atom stereocenters. The summed E-state index contributed by atoms with van der Waals surface area (Å²) in [5.41, 5.74) is 3.70. The first-order chi connectivity index (χ1) is 12.7. The lowest BCUT2D eigenvalue weighted by atomic mass is 10.1. The number of carbonyl (C=O) groups excluding carboxylic acids is 1. The molecule has 1 saturated heterocycles. The normalized spacial score (nSPS) is 15.3. The van der Waals surface area contributed by atoms with E-state index in [-0.39, 0.29) is 5.91 Å². The first-order valence-corrected chi connectivity index (χ1v) is 9.43. The number of nitrogens with one attached hydrogen (secondary N) is 1. The fraction of sp³-hybridized carbons (Fsp3) is 0.409. The van der Waals surface area contributed by atoms with Crippen molar-refractivity contribution in [3.05, 3.63) is 59.2 Å². The summed E-state index contributed by atoms with van der Waals surface area (Å²) >= 11 is 0. The predicted molar refractivity (Wildman–Crippen MR) is 106 cm³/mol. The third kappa shape index (κ3) is 4.85. The molecule has 0 saturated carbocycles. The maximum absolute atomic E-state index is 12.6. The smallest absolute Gasteiger partial charge is 0.255 e. The molecule has 0 radical (unpaired) electrons. The molecule has 1 N–H and O–H groups in total. The highest BCUT2D eigenvalue weighted by Crippen LogP contribution is 2.25. The van der Waals surface area contributed by atoms with Crippen LogP contribution in [0, 0.1) is 6.92 Å². The largest absolute Gasteiger partial charge is 0.495 e. The number of likely N-dealkylation sites (tertiary alicyclic amines) is 1. The lowest BCUT2D eigenvalue weighted by Crippen LogP contribution is -2.24. The van der Waals surface area contributed by atoms with Gasteiger partial charge in [0, 0.05) is 12.1 Å². The number of benzene rings is 2. The number of ether oxygens (including phenoxy) is 1. The van der Waals surface area contributed by atoms with Crippen molar-refractivity contribution in [2.45, 2.75) is 39.2 Å². The van der Waals surface area contributed by atoms with Gasteiger partial charge in [0.15, 0.2) is 0 Å². The van der Waals surface area contributed by atoms with Gasteiger partial charge in [-0.2, -0.15) is 0 Å². The summed E-state index contributed by atoms with van der Waals surface area (Å²) in [5.74, 6) is 0.553. The minimum Gasteiger partial charge on any atom is -0.495 e. The number of amides is 1. The molecule has 0 spiro atoms. The zero-order valence-corrected chi connectivity index (χ0v) is 15.8. The van der Waals surface area contributed by atoms with Crippen molar-refractivity contribution >= 4 is 11.6 Å². The minimum atomic E-state index is -0.116. The van der Waals surface area contributed by atoms with Gasteiger partial charge in [-0.05, 0) is 68.2 Å². The van der Waals surface area contributed by atoms with Crippen LogP contribution in [0.2, 0.25) is 0 Å². The Kier molecular flexibility index (Phi) is 6.29. The van der Waals surface area contributed by atoms with Crippen LogP contribution >= 0.6 is 0 Å². The van der Waals surface area contributed by atoms with Gasteiger partial charge in [0.2, 0.25) is 0 Å². The molecular weight excluding hydrogens is 324 g/mol. The summed E-state index contributed by atoms with van der Waals surface area (Å²) in [6.45, 7) is 5.31. The van der Waals surface area contributed by atoms with Crippen molar-refractivity contribution < 1.29 is 9.53 Å². The molecule has 1 aliphatic heterocycles. The SMILES string of the molecule is COc1ccc(C)cc1NC(=O)c1ccc(CN2CCCCCC2)cc1. The van der Waals surface area contributed by atoms with Crippen LogP contribution in [0.25, 0.3) is 0 Å². The molecule has 1 fully saturated rings. The van der Waals surface area contributed by atoms with Crippen molar-refractivity contribution in [3.8, 4) is 5.75 Å². The summed E-state index contributed by atoms with van der Waals surface area (Å²) in [6, 6.07) is 13.7. The molecule has 4 nitrogen and oxygen atoms in total. The second kappa shape index (κ2) is 8.86. The van der Waals surface area contributed by atoms with E-state index in [0.717, 1.165) is 12.1 Å². The van der Waals surface area contributed by atoms with Gasteiger partial charge in [0.05, 0.1) is 12.8 Å². The van der Waals surface area contributed by atoms with Crippen molar-refractivity contribution in [1.82, 2.24) is 4.90 Å². The van der Waals surface area contributed by atoms with Crippen molar-refractivity contribution in [3.63, 3.8) is 0 Å². The molecule has 138 valence electrons. The highest BCUT2D eigenvalue weighted by molar-refractivity contribution is 6.05. The van der Waals surface area contributed by atoms with E-state index in [1.165, 1.54) is 44.3 Å². The van der Waals surface area contributed by atoms with Gasteiger partial charge < -0.3 is 10.1 Å². The number of carbonyl (C=O) groups is 1. The summed E-state index contributed by atoms with van der Waals surface area (Å²) in [7, 11) is 1.61. The third-order valence-corrected chi connectivity index (χ3v) is 4.92. The van der Waals surface area contributed by atoms with Crippen molar-refractivity contribution in [2.24, 2.45) is 0 Å². The zero-order chi connectivity index (χ0) is 18.4. The highest BCUT2D eigenvalue weighted by Gasteiger charge is 2.12. The maximum Gasteiger partial charge on any atom is 0.255 e. The van der Waals surface area contributed by atoms with E-state index in [0.29, 0.717) is 17.0 Å². The molecule has 2 aromatic carbocycles. The Hall–Kier alpha value is -2.33. The Morgan fingerprint density at radius 3 is 2.38 bits per heavy atom. The molecule has 0 bridgehead atoms. The summed E-state index contributed by atoms with van der Waals surface area (Å²) in [4.78, 5) is 15.1. The molecule has 1 heterocycles. The van der Waals surface area contributed by atoms with E-state index in [9.17, 15) is 4.79 Å². The topological polar surface area (TPSA) is 41.6 Å². The first-order valence-electron chi connectivity index (χ1n) is 9.43. The Balaban J connectivity index is 1.64. The van der Waals surface area contributed by atoms with Crippen LogP contribution in [0.5, 0.6) is 5.75 Å². The standard InChI is InChI=1S/C22H28N2O2/c1-17-7-12-21(26-2)20(15-17)23-22(25)19-10-8-18(9-11-19)16-24-13-5-3-4-6-14-24/h7-12,15H,3-6,13-14,16H2,1-2H3,(H,23,25). The van der Waals surface area contributed by atoms with Gasteiger partial charge in [-0.25, -0.2) is 0 Å². The number of anilines is 1. The number of nitrogens with zero attached hydrogens (tertiary/aromatic N) is 1. The third-order valence-electron chi connectivity index (χ3n) is 4.92. The molecule has 2 aromatic rings. The van der Waals surface area contributed by atoms with Crippen LogP contribution in [0.15, 0.2) is 42.5 Å². The van der Waals surface area contributed by atoms with Gasteiger partial charge in [-0.1, -0.05) is 31.0 Å². The molecule has 4 heteroatoms. The van der Waals surface area contributed by atoms with E-state index in [4.69, 9.17) is 4.74 Å². The molecule has 0 aliphatic carbocycles. The lowest BCUT2D eigenvalue weighted by molar-refractivity contribution is 0.102. The summed E-state index contributed by atoms with van der Waals surface area (Å²) in [6.07, 6.45) is 5.27. The van der Waals surface area contributed by atoms with E-state index < -0.39 is 0 Å². The first kappa shape index (κ1) is 18.5. The van der Waals surface area contributed by atoms with Gasteiger partial charge >= 0.3 is 0 Å². The highest BCUT2D eigenvalue weighted by atomic mass is 16.5. The van der Waals surface area contributed by atoms with Crippen LogP contribution in [0.1, 0.15) is 47.2 Å². The summed E-state index contributed by atoms with van der Waals surface area (Å²) in [5, 5.41) is 2.95. The zero-order valence-electron chi connectivity index (χ0n) is 15.8. The van der Waals surface area contributed by atoms with Gasteiger partial charge in [-0.3, -0.25) is 9.69 Å². The fourth-order valence-electron chi connectivity index (χ4n) is 3.43. The van der Waals surface area contributed by atoms with E-state index in [1.807, 2.05) is 37.3 Å². The van der Waals surface area contributed by atoms with E-state index in [1.54, 1.807) is 7.11 Å². The number of hydrogen-bond acceptors (Lipinski definition) is 3. The number of aryl methyl sites for hydroxylation is 1. The van der Waals surface area contributed by atoms with Crippen molar-refractivity contribution in [2.75, 3.05) is 25.5 Å². The van der Waals surface area contributed by atoms with Gasteiger partial charge in [0.25, 0.3) is 5.91 Å². The second-order valence-electron chi connectivity index (χ2n) is 7.05. The number of methoxy groups -OCH3 is 1. The van der Waals surface area contributed by atoms with Crippen LogP contribution in [-0.2, 0) is 6.54 Å². The average Bonchev–Trinajstić information content (AvgIpc) is 2.91. The monoisotopic (exact) mass is 352 g/mol. The van der Waals surface area contributed by atoms with Crippen LogP contribution in [0.3, 0.4) is 0 Å². The van der Waals surface area contributed by atoms with Crippen LogP contribution in [-0.4, -0.2) is 31.0 Å². The quantitative estimate of drug-likeness (QED) is 0.853. The molecule has 0 aromatic heterocycles. The average molecular weight is 352 g/mol. The van der Waals surface area contributed by atoms with Crippen LogP contribution < -0.4 is 10.1 Å². The fourth-order valence-corrected chi connectivity index (χ4v) is 3.43. The van der Waals surface area contributed by atoms with E-state index in [2.05, 4.69) is 22.3 Å². The molecule has 3 rings (SSSR count). The molecule has 1 amide bonds.